The molecule has 1 aromatic heterocycles. The molecule has 0 bridgehead atoms. The lowest BCUT2D eigenvalue weighted by Crippen LogP contribution is -2.10. The maximum atomic E-state index is 8.96. The maximum Gasteiger partial charge on any atom is 0.163 e. The molecule has 0 saturated heterocycles. The van der Waals surface area contributed by atoms with Crippen LogP contribution in [0.1, 0.15) is 17.0 Å². The van der Waals surface area contributed by atoms with Gasteiger partial charge in [0.05, 0.1) is 11.3 Å². The first-order valence-electron chi connectivity index (χ1n) is 6.38. The van der Waals surface area contributed by atoms with E-state index in [0.717, 1.165) is 17.1 Å². The third kappa shape index (κ3) is 2.91. The largest absolute Gasteiger partial charge is 0.489 e. The molecule has 5 nitrogen and oxygen atoms in total. The van der Waals surface area contributed by atoms with Crippen molar-refractivity contribution in [1.29, 1.82) is 5.26 Å². The molecule has 2 aromatic rings. The minimum atomic E-state index is 0.381. The lowest BCUT2D eigenvalue weighted by molar-refractivity contribution is 0.215. The van der Waals surface area contributed by atoms with Crippen molar-refractivity contribution in [2.24, 2.45) is 7.05 Å². The van der Waals surface area contributed by atoms with Crippen LogP contribution in [0.5, 0.6) is 11.5 Å². The molecule has 0 amide bonds. The molecule has 0 aliphatic carbocycles. The predicted molar refractivity (Wildman–Crippen MR) is 74.8 cm³/mol. The Morgan fingerprint density at radius 2 is 1.90 bits per heavy atom. The molecule has 0 unspecified atom stereocenters. The summed E-state index contributed by atoms with van der Waals surface area (Å²) in [6.45, 7) is 4.66. The Bertz CT molecular complexity index is 641. The van der Waals surface area contributed by atoms with Gasteiger partial charge in [0.2, 0.25) is 0 Å². The molecule has 0 N–H and O–H groups in total. The molecule has 20 heavy (non-hydrogen) atoms. The predicted octanol–water partition coefficient (Wildman–Crippen LogP) is 2.37. The molecule has 5 heteroatoms. The summed E-state index contributed by atoms with van der Waals surface area (Å²) >= 11 is 0. The van der Waals surface area contributed by atoms with E-state index >= 15 is 0 Å². The van der Waals surface area contributed by atoms with Crippen molar-refractivity contribution in [1.82, 2.24) is 9.78 Å². The SMILES string of the molecule is Cc1nn(C)c(C)c1OCCOc1ccccc1C#N. The summed E-state index contributed by atoms with van der Waals surface area (Å²) in [5, 5.41) is 13.2. The molecular formula is C15H17N3O2. The van der Waals surface area contributed by atoms with Gasteiger partial charge in [-0.15, -0.1) is 0 Å². The number of hydrogen-bond acceptors (Lipinski definition) is 4. The summed E-state index contributed by atoms with van der Waals surface area (Å²) in [7, 11) is 1.88. The monoisotopic (exact) mass is 271 g/mol. The third-order valence-electron chi connectivity index (χ3n) is 3.04. The van der Waals surface area contributed by atoms with E-state index in [1.54, 1.807) is 16.8 Å². The highest BCUT2D eigenvalue weighted by Crippen LogP contribution is 2.21. The Labute approximate surface area is 118 Å². The van der Waals surface area contributed by atoms with E-state index < -0.39 is 0 Å². The highest BCUT2D eigenvalue weighted by Gasteiger charge is 2.10. The molecule has 0 fully saturated rings. The van der Waals surface area contributed by atoms with E-state index in [9.17, 15) is 0 Å². The highest BCUT2D eigenvalue weighted by atomic mass is 16.5. The van der Waals surface area contributed by atoms with Crippen molar-refractivity contribution in [3.05, 3.63) is 41.2 Å². The van der Waals surface area contributed by atoms with Gasteiger partial charge < -0.3 is 9.47 Å². The van der Waals surface area contributed by atoms with E-state index in [2.05, 4.69) is 11.2 Å². The van der Waals surface area contributed by atoms with Gasteiger partial charge in [-0.1, -0.05) is 12.1 Å². The minimum absolute atomic E-state index is 0.381. The molecular weight excluding hydrogens is 254 g/mol. The minimum Gasteiger partial charge on any atom is -0.489 e. The summed E-state index contributed by atoms with van der Waals surface area (Å²) < 4.78 is 13.0. The van der Waals surface area contributed by atoms with Crippen molar-refractivity contribution < 1.29 is 9.47 Å². The molecule has 0 aliphatic rings. The van der Waals surface area contributed by atoms with E-state index in [1.807, 2.05) is 33.0 Å². The zero-order chi connectivity index (χ0) is 14.5. The maximum absolute atomic E-state index is 8.96. The van der Waals surface area contributed by atoms with Gasteiger partial charge in [-0.25, -0.2) is 0 Å². The van der Waals surface area contributed by atoms with Crippen LogP contribution in [0.4, 0.5) is 0 Å². The number of nitrogens with zero attached hydrogens (tertiary/aromatic N) is 3. The number of nitriles is 1. The molecule has 0 radical (unpaired) electrons. The smallest absolute Gasteiger partial charge is 0.163 e. The second-order valence-corrected chi connectivity index (χ2v) is 4.43. The van der Waals surface area contributed by atoms with Crippen LogP contribution in [0, 0.1) is 25.2 Å². The summed E-state index contributed by atoms with van der Waals surface area (Å²) in [6, 6.07) is 9.25. The average molecular weight is 271 g/mol. The van der Waals surface area contributed by atoms with Crippen molar-refractivity contribution in [2.45, 2.75) is 13.8 Å². The fraction of sp³-hybridized carbons (Fsp3) is 0.333. The van der Waals surface area contributed by atoms with Gasteiger partial charge in [-0.3, -0.25) is 4.68 Å². The first-order valence-corrected chi connectivity index (χ1v) is 6.38. The molecule has 0 spiro atoms. The van der Waals surface area contributed by atoms with Gasteiger partial charge >= 0.3 is 0 Å². The first-order chi connectivity index (χ1) is 9.63. The number of aryl methyl sites for hydroxylation is 2. The van der Waals surface area contributed by atoms with Crippen LogP contribution in [-0.2, 0) is 7.05 Å². The Balaban J connectivity index is 1.90. The van der Waals surface area contributed by atoms with E-state index in [-0.39, 0.29) is 0 Å². The Morgan fingerprint density at radius 1 is 1.20 bits per heavy atom. The average Bonchev–Trinajstić information content (AvgIpc) is 2.69. The second kappa shape index (κ2) is 6.11. The summed E-state index contributed by atoms with van der Waals surface area (Å²) in [6.07, 6.45) is 0. The molecule has 0 atom stereocenters. The second-order valence-electron chi connectivity index (χ2n) is 4.43. The van der Waals surface area contributed by atoms with Gasteiger partial charge in [0.15, 0.2) is 5.75 Å². The van der Waals surface area contributed by atoms with Crippen LogP contribution in [0.3, 0.4) is 0 Å². The number of benzene rings is 1. The van der Waals surface area contributed by atoms with Crippen molar-refractivity contribution in [3.63, 3.8) is 0 Å². The van der Waals surface area contributed by atoms with Gasteiger partial charge in [-0.05, 0) is 26.0 Å². The highest BCUT2D eigenvalue weighted by molar-refractivity contribution is 5.42. The first kappa shape index (κ1) is 13.9. The van der Waals surface area contributed by atoms with Gasteiger partial charge in [0.1, 0.15) is 30.7 Å². The van der Waals surface area contributed by atoms with Gasteiger partial charge in [0.25, 0.3) is 0 Å². The molecule has 1 aromatic carbocycles. The summed E-state index contributed by atoms with van der Waals surface area (Å²) in [4.78, 5) is 0. The van der Waals surface area contributed by atoms with E-state index in [0.29, 0.717) is 24.5 Å². The summed E-state index contributed by atoms with van der Waals surface area (Å²) in [5.74, 6) is 1.38. The van der Waals surface area contributed by atoms with Crippen molar-refractivity contribution in [2.75, 3.05) is 13.2 Å². The van der Waals surface area contributed by atoms with E-state index in [1.165, 1.54) is 0 Å². The Hall–Kier alpha value is -2.48. The molecule has 0 aliphatic heterocycles. The van der Waals surface area contributed by atoms with Crippen molar-refractivity contribution >= 4 is 0 Å². The molecule has 104 valence electrons. The number of para-hydroxylation sites is 1. The fourth-order valence-electron chi connectivity index (χ4n) is 1.94. The number of ether oxygens (including phenoxy) is 2. The molecule has 0 saturated carbocycles. The van der Waals surface area contributed by atoms with Crippen LogP contribution in [0.15, 0.2) is 24.3 Å². The number of hydrogen-bond donors (Lipinski definition) is 0. The molecule has 1 heterocycles. The third-order valence-corrected chi connectivity index (χ3v) is 3.04. The zero-order valence-corrected chi connectivity index (χ0v) is 11.9. The zero-order valence-electron chi connectivity index (χ0n) is 11.9. The van der Waals surface area contributed by atoms with Crippen molar-refractivity contribution in [3.8, 4) is 17.6 Å². The lowest BCUT2D eigenvalue weighted by atomic mass is 10.2. The molecule has 2 rings (SSSR count). The van der Waals surface area contributed by atoms with E-state index in [4.69, 9.17) is 14.7 Å². The topological polar surface area (TPSA) is 60.1 Å². The van der Waals surface area contributed by atoms with Crippen LogP contribution < -0.4 is 9.47 Å². The van der Waals surface area contributed by atoms with Gasteiger partial charge in [0, 0.05) is 7.05 Å². The normalized spacial score (nSPS) is 10.1. The van der Waals surface area contributed by atoms with Crippen LogP contribution in [0.2, 0.25) is 0 Å². The van der Waals surface area contributed by atoms with Crippen LogP contribution in [0.25, 0.3) is 0 Å². The summed E-state index contributed by atoms with van der Waals surface area (Å²) in [5.41, 5.74) is 2.38. The fourth-order valence-corrected chi connectivity index (χ4v) is 1.94. The van der Waals surface area contributed by atoms with Gasteiger partial charge in [-0.2, -0.15) is 10.4 Å². The Kier molecular flexibility index (Phi) is 4.26. The van der Waals surface area contributed by atoms with Crippen LogP contribution >= 0.6 is 0 Å². The lowest BCUT2D eigenvalue weighted by Gasteiger charge is -2.09. The standard InChI is InChI=1S/C15H17N3O2/c1-11-15(12(2)18(3)17-11)20-9-8-19-14-7-5-4-6-13(14)10-16/h4-7H,8-9H2,1-3H3. The quantitative estimate of drug-likeness (QED) is 0.783. The van der Waals surface area contributed by atoms with Crippen LogP contribution in [-0.4, -0.2) is 23.0 Å². The number of aromatic nitrogens is 2. The number of rotatable bonds is 5. The Morgan fingerprint density at radius 3 is 2.55 bits per heavy atom.